The molecule has 1 aliphatic heterocycles. The van der Waals surface area contributed by atoms with E-state index in [4.69, 9.17) is 0 Å². The zero-order valence-corrected chi connectivity index (χ0v) is 11.6. The molecule has 1 aliphatic rings. The second-order valence-electron chi connectivity index (χ2n) is 5.48. The Kier molecular flexibility index (Phi) is 4.17. The van der Waals surface area contributed by atoms with Gasteiger partial charge in [-0.05, 0) is 40.2 Å². The third-order valence-corrected chi connectivity index (χ3v) is 3.75. The van der Waals surface area contributed by atoms with Crippen molar-refractivity contribution in [3.63, 3.8) is 0 Å². The van der Waals surface area contributed by atoms with Gasteiger partial charge in [0.25, 0.3) is 0 Å². The second kappa shape index (κ2) is 5.65. The van der Waals surface area contributed by atoms with Gasteiger partial charge in [0.15, 0.2) is 0 Å². The standard InChI is InChI=1S/C14H23N3O/c1-11(2)17-10-15-8-13(17)9-16-7-5-4-6-14(16)12(3)18/h8,10-11,14H,4-7,9H2,1-3H3. The van der Waals surface area contributed by atoms with Crippen LogP contribution in [0, 0.1) is 0 Å². The van der Waals surface area contributed by atoms with Crippen LogP contribution in [0.1, 0.15) is 51.8 Å². The topological polar surface area (TPSA) is 38.1 Å². The minimum atomic E-state index is 0.106. The lowest BCUT2D eigenvalue weighted by Crippen LogP contribution is -2.43. The van der Waals surface area contributed by atoms with Crippen LogP contribution in [-0.2, 0) is 11.3 Å². The summed E-state index contributed by atoms with van der Waals surface area (Å²) >= 11 is 0. The zero-order valence-electron chi connectivity index (χ0n) is 11.6. The van der Waals surface area contributed by atoms with E-state index in [0.717, 1.165) is 19.5 Å². The number of carbonyl (C=O) groups excluding carboxylic acids is 1. The number of ketones is 1. The van der Waals surface area contributed by atoms with Crippen molar-refractivity contribution < 1.29 is 4.79 Å². The Morgan fingerprint density at radius 1 is 1.50 bits per heavy atom. The van der Waals surface area contributed by atoms with Crippen LogP contribution < -0.4 is 0 Å². The third-order valence-electron chi connectivity index (χ3n) is 3.75. The minimum Gasteiger partial charge on any atom is -0.331 e. The number of aromatic nitrogens is 2. The first-order valence-electron chi connectivity index (χ1n) is 6.85. The Morgan fingerprint density at radius 3 is 2.94 bits per heavy atom. The number of carbonyl (C=O) groups is 1. The Morgan fingerprint density at radius 2 is 2.28 bits per heavy atom. The number of imidazole rings is 1. The number of hydrogen-bond donors (Lipinski definition) is 0. The molecule has 0 aromatic carbocycles. The smallest absolute Gasteiger partial charge is 0.146 e. The van der Waals surface area contributed by atoms with E-state index < -0.39 is 0 Å². The monoisotopic (exact) mass is 249 g/mol. The summed E-state index contributed by atoms with van der Waals surface area (Å²) < 4.78 is 2.19. The summed E-state index contributed by atoms with van der Waals surface area (Å²) in [5, 5.41) is 0. The van der Waals surface area contributed by atoms with Crippen molar-refractivity contribution in [2.45, 2.75) is 58.7 Å². The van der Waals surface area contributed by atoms with Gasteiger partial charge in [0, 0.05) is 18.8 Å². The molecule has 4 heteroatoms. The van der Waals surface area contributed by atoms with Crippen LogP contribution in [-0.4, -0.2) is 32.8 Å². The molecule has 0 amide bonds. The fraction of sp³-hybridized carbons (Fsp3) is 0.714. The van der Waals surface area contributed by atoms with Crippen LogP contribution in [0.5, 0.6) is 0 Å². The van der Waals surface area contributed by atoms with E-state index in [1.165, 1.54) is 18.5 Å². The largest absolute Gasteiger partial charge is 0.331 e. The van der Waals surface area contributed by atoms with E-state index >= 15 is 0 Å². The van der Waals surface area contributed by atoms with Crippen LogP contribution >= 0.6 is 0 Å². The highest BCUT2D eigenvalue weighted by Gasteiger charge is 2.26. The number of piperidine rings is 1. The Balaban J connectivity index is 2.11. The van der Waals surface area contributed by atoms with Gasteiger partial charge >= 0.3 is 0 Å². The predicted molar refractivity (Wildman–Crippen MR) is 71.3 cm³/mol. The van der Waals surface area contributed by atoms with Gasteiger partial charge in [-0.1, -0.05) is 6.42 Å². The van der Waals surface area contributed by atoms with Crippen LogP contribution in [0.2, 0.25) is 0 Å². The van der Waals surface area contributed by atoms with E-state index in [9.17, 15) is 4.79 Å². The van der Waals surface area contributed by atoms with Gasteiger partial charge in [-0.2, -0.15) is 0 Å². The lowest BCUT2D eigenvalue weighted by molar-refractivity contribution is -0.123. The predicted octanol–water partition coefficient (Wildman–Crippen LogP) is 2.41. The molecule has 1 unspecified atom stereocenters. The maximum atomic E-state index is 11.7. The van der Waals surface area contributed by atoms with Crippen molar-refractivity contribution in [3.8, 4) is 0 Å². The molecule has 1 aromatic heterocycles. The first-order chi connectivity index (χ1) is 8.59. The van der Waals surface area contributed by atoms with Crippen molar-refractivity contribution in [2.75, 3.05) is 6.54 Å². The quantitative estimate of drug-likeness (QED) is 0.822. The van der Waals surface area contributed by atoms with E-state index in [1.54, 1.807) is 6.92 Å². The summed E-state index contributed by atoms with van der Waals surface area (Å²) in [5.41, 5.74) is 1.21. The van der Waals surface area contributed by atoms with Crippen LogP contribution in [0.15, 0.2) is 12.5 Å². The number of nitrogens with zero attached hydrogens (tertiary/aromatic N) is 3. The average molecular weight is 249 g/mol. The van der Waals surface area contributed by atoms with Gasteiger partial charge in [-0.25, -0.2) is 4.98 Å². The Bertz CT molecular complexity index is 411. The lowest BCUT2D eigenvalue weighted by Gasteiger charge is -2.34. The fourth-order valence-electron chi connectivity index (χ4n) is 2.77. The molecule has 2 heterocycles. The number of hydrogen-bond acceptors (Lipinski definition) is 3. The fourth-order valence-corrected chi connectivity index (χ4v) is 2.77. The summed E-state index contributed by atoms with van der Waals surface area (Å²) in [7, 11) is 0. The molecule has 100 valence electrons. The lowest BCUT2D eigenvalue weighted by atomic mass is 9.99. The van der Waals surface area contributed by atoms with Crippen molar-refractivity contribution in [1.29, 1.82) is 0 Å². The van der Waals surface area contributed by atoms with Crippen LogP contribution in [0.3, 0.4) is 0 Å². The SMILES string of the molecule is CC(=O)C1CCCCN1Cc1cncn1C(C)C. The first kappa shape index (κ1) is 13.3. The zero-order chi connectivity index (χ0) is 13.1. The molecule has 2 rings (SSSR count). The summed E-state index contributed by atoms with van der Waals surface area (Å²) in [4.78, 5) is 18.2. The minimum absolute atomic E-state index is 0.106. The van der Waals surface area contributed by atoms with Gasteiger partial charge in [0.1, 0.15) is 5.78 Å². The molecule has 0 spiro atoms. The molecule has 1 aromatic rings. The number of rotatable bonds is 4. The molecular weight excluding hydrogens is 226 g/mol. The molecule has 0 saturated carbocycles. The summed E-state index contributed by atoms with van der Waals surface area (Å²) in [6.07, 6.45) is 7.17. The molecule has 18 heavy (non-hydrogen) atoms. The van der Waals surface area contributed by atoms with E-state index in [-0.39, 0.29) is 6.04 Å². The van der Waals surface area contributed by atoms with E-state index in [0.29, 0.717) is 11.8 Å². The Hall–Kier alpha value is -1.16. The van der Waals surface area contributed by atoms with Gasteiger partial charge < -0.3 is 4.57 Å². The van der Waals surface area contributed by atoms with Crippen LogP contribution in [0.4, 0.5) is 0 Å². The van der Waals surface area contributed by atoms with Crippen LogP contribution in [0.25, 0.3) is 0 Å². The van der Waals surface area contributed by atoms with Gasteiger partial charge in [-0.3, -0.25) is 9.69 Å². The molecule has 0 N–H and O–H groups in total. The van der Waals surface area contributed by atoms with Gasteiger partial charge in [-0.15, -0.1) is 0 Å². The van der Waals surface area contributed by atoms with Gasteiger partial charge in [0.2, 0.25) is 0 Å². The van der Waals surface area contributed by atoms with E-state index in [2.05, 4.69) is 28.3 Å². The summed E-state index contributed by atoms with van der Waals surface area (Å²) in [6, 6.07) is 0.525. The molecule has 1 saturated heterocycles. The molecule has 1 atom stereocenters. The van der Waals surface area contributed by atoms with Crippen molar-refractivity contribution in [1.82, 2.24) is 14.5 Å². The highest BCUT2D eigenvalue weighted by Crippen LogP contribution is 2.21. The van der Waals surface area contributed by atoms with E-state index in [1.807, 2.05) is 12.5 Å². The maximum absolute atomic E-state index is 11.7. The average Bonchev–Trinajstić information content (AvgIpc) is 2.77. The summed E-state index contributed by atoms with van der Waals surface area (Å²) in [6.45, 7) is 7.88. The second-order valence-corrected chi connectivity index (χ2v) is 5.48. The summed E-state index contributed by atoms with van der Waals surface area (Å²) in [5.74, 6) is 0.297. The molecule has 0 radical (unpaired) electrons. The molecule has 0 bridgehead atoms. The first-order valence-corrected chi connectivity index (χ1v) is 6.85. The maximum Gasteiger partial charge on any atom is 0.146 e. The molecule has 4 nitrogen and oxygen atoms in total. The highest BCUT2D eigenvalue weighted by atomic mass is 16.1. The van der Waals surface area contributed by atoms with Crippen molar-refractivity contribution in [3.05, 3.63) is 18.2 Å². The number of likely N-dealkylation sites (tertiary alicyclic amines) is 1. The van der Waals surface area contributed by atoms with Crippen molar-refractivity contribution >= 4 is 5.78 Å². The highest BCUT2D eigenvalue weighted by molar-refractivity contribution is 5.81. The Labute approximate surface area is 109 Å². The number of Topliss-reactive ketones (excluding diaryl/α,β-unsaturated/α-hetero) is 1. The van der Waals surface area contributed by atoms with Gasteiger partial charge in [0.05, 0.1) is 18.1 Å². The normalized spacial score (nSPS) is 21.4. The molecular formula is C14H23N3O. The third kappa shape index (κ3) is 2.80. The van der Waals surface area contributed by atoms with Crippen molar-refractivity contribution in [2.24, 2.45) is 0 Å². The molecule has 0 aliphatic carbocycles. The molecule has 1 fully saturated rings.